The third-order valence-electron chi connectivity index (χ3n) is 2.63. The van der Waals surface area contributed by atoms with Crippen LogP contribution in [0.4, 0.5) is 0 Å². The zero-order valence-corrected chi connectivity index (χ0v) is 10.7. The molecule has 2 nitrogen and oxygen atoms in total. The van der Waals surface area contributed by atoms with Crippen LogP contribution < -0.4 is 10.5 Å². The normalized spacial score (nSPS) is 11.1. The van der Waals surface area contributed by atoms with Crippen molar-refractivity contribution in [2.24, 2.45) is 11.1 Å². The van der Waals surface area contributed by atoms with Crippen molar-refractivity contribution < 1.29 is 4.74 Å². The molecule has 0 aliphatic carbocycles. The molecule has 0 fully saturated rings. The van der Waals surface area contributed by atoms with Gasteiger partial charge in [-0.1, -0.05) is 44.3 Å². The molecular formula is C13H19NOS. The molecule has 0 aliphatic rings. The first-order valence-corrected chi connectivity index (χ1v) is 5.91. The molecular weight excluding hydrogens is 218 g/mol. The minimum absolute atomic E-state index is 0.0740. The van der Waals surface area contributed by atoms with E-state index >= 15 is 0 Å². The lowest BCUT2D eigenvalue weighted by atomic mass is 9.88. The van der Waals surface area contributed by atoms with Gasteiger partial charge in [-0.15, -0.1) is 0 Å². The van der Waals surface area contributed by atoms with Crippen LogP contribution in [0.1, 0.15) is 26.7 Å². The first-order valence-electron chi connectivity index (χ1n) is 5.50. The molecule has 1 aromatic rings. The van der Waals surface area contributed by atoms with E-state index in [1.54, 1.807) is 0 Å². The average Bonchev–Trinajstić information content (AvgIpc) is 2.26. The zero-order valence-electron chi connectivity index (χ0n) is 9.90. The topological polar surface area (TPSA) is 35.2 Å². The molecule has 0 amide bonds. The number of rotatable bonds is 6. The van der Waals surface area contributed by atoms with Crippen LogP contribution in [-0.2, 0) is 0 Å². The summed E-state index contributed by atoms with van der Waals surface area (Å²) in [6.07, 6.45) is 1.91. The fourth-order valence-electron chi connectivity index (χ4n) is 1.34. The molecule has 1 rings (SSSR count). The highest BCUT2D eigenvalue weighted by atomic mass is 32.1. The molecule has 0 unspecified atom stereocenters. The van der Waals surface area contributed by atoms with Crippen molar-refractivity contribution in [3.05, 3.63) is 30.3 Å². The Morgan fingerprint density at radius 2 is 1.94 bits per heavy atom. The summed E-state index contributed by atoms with van der Waals surface area (Å²) in [6, 6.07) is 9.82. The van der Waals surface area contributed by atoms with Crippen LogP contribution in [-0.4, -0.2) is 11.6 Å². The van der Waals surface area contributed by atoms with Crippen molar-refractivity contribution >= 4 is 17.2 Å². The van der Waals surface area contributed by atoms with Gasteiger partial charge < -0.3 is 10.5 Å². The van der Waals surface area contributed by atoms with Gasteiger partial charge in [0.15, 0.2) is 0 Å². The molecule has 0 bridgehead atoms. The van der Waals surface area contributed by atoms with E-state index in [4.69, 9.17) is 22.7 Å². The summed E-state index contributed by atoms with van der Waals surface area (Å²) < 4.78 is 5.60. The van der Waals surface area contributed by atoms with Crippen LogP contribution in [0.25, 0.3) is 0 Å². The Morgan fingerprint density at radius 3 is 2.50 bits per heavy atom. The molecule has 0 radical (unpaired) electrons. The van der Waals surface area contributed by atoms with Gasteiger partial charge in [0.2, 0.25) is 0 Å². The second-order valence-electron chi connectivity index (χ2n) is 4.51. The lowest BCUT2D eigenvalue weighted by Gasteiger charge is -2.22. The molecule has 88 valence electrons. The number of hydrogen-bond donors (Lipinski definition) is 1. The summed E-state index contributed by atoms with van der Waals surface area (Å²) in [6.45, 7) is 4.84. The van der Waals surface area contributed by atoms with Crippen LogP contribution in [0, 0.1) is 5.41 Å². The number of para-hydroxylation sites is 1. The van der Waals surface area contributed by atoms with Gasteiger partial charge >= 0.3 is 0 Å². The van der Waals surface area contributed by atoms with Gasteiger partial charge in [-0.25, -0.2) is 0 Å². The minimum atomic E-state index is -0.0740. The smallest absolute Gasteiger partial charge is 0.119 e. The zero-order chi connectivity index (χ0) is 12.0. The highest BCUT2D eigenvalue weighted by Gasteiger charge is 2.20. The van der Waals surface area contributed by atoms with E-state index in [9.17, 15) is 0 Å². The molecule has 0 saturated carbocycles. The first-order chi connectivity index (χ1) is 7.52. The van der Waals surface area contributed by atoms with E-state index in [0.717, 1.165) is 18.6 Å². The number of ether oxygens (including phenoxy) is 1. The van der Waals surface area contributed by atoms with E-state index in [-0.39, 0.29) is 5.41 Å². The SMILES string of the molecule is CC(C)(CCCOc1ccccc1)C(N)=S. The van der Waals surface area contributed by atoms with E-state index in [1.807, 2.05) is 30.3 Å². The van der Waals surface area contributed by atoms with Gasteiger partial charge in [-0.2, -0.15) is 0 Å². The third kappa shape index (κ3) is 4.19. The monoisotopic (exact) mass is 237 g/mol. The Hall–Kier alpha value is -1.09. The molecule has 0 saturated heterocycles. The van der Waals surface area contributed by atoms with Crippen molar-refractivity contribution in [2.45, 2.75) is 26.7 Å². The summed E-state index contributed by atoms with van der Waals surface area (Å²) in [5.74, 6) is 0.913. The van der Waals surface area contributed by atoms with Crippen LogP contribution >= 0.6 is 12.2 Å². The third-order valence-corrected chi connectivity index (χ3v) is 3.18. The van der Waals surface area contributed by atoms with Crippen LogP contribution in [0.2, 0.25) is 0 Å². The van der Waals surface area contributed by atoms with Gasteiger partial charge in [-0.3, -0.25) is 0 Å². The Bertz CT molecular complexity index is 335. The summed E-state index contributed by atoms with van der Waals surface area (Å²) >= 11 is 5.01. The maximum atomic E-state index is 5.65. The number of nitrogens with two attached hydrogens (primary N) is 1. The second kappa shape index (κ2) is 5.85. The second-order valence-corrected chi connectivity index (χ2v) is 4.95. The molecule has 0 aromatic heterocycles. The lowest BCUT2D eigenvalue weighted by Crippen LogP contribution is -2.30. The number of benzene rings is 1. The Morgan fingerprint density at radius 1 is 1.31 bits per heavy atom. The van der Waals surface area contributed by atoms with Crippen molar-refractivity contribution in [1.29, 1.82) is 0 Å². The predicted molar refractivity (Wildman–Crippen MR) is 71.7 cm³/mol. The predicted octanol–water partition coefficient (Wildman–Crippen LogP) is 3.16. The van der Waals surface area contributed by atoms with E-state index in [0.29, 0.717) is 11.6 Å². The van der Waals surface area contributed by atoms with E-state index in [2.05, 4.69) is 13.8 Å². The van der Waals surface area contributed by atoms with Crippen LogP contribution in [0.3, 0.4) is 0 Å². The van der Waals surface area contributed by atoms with Crippen molar-refractivity contribution in [2.75, 3.05) is 6.61 Å². The first kappa shape index (κ1) is 13.0. The van der Waals surface area contributed by atoms with Gasteiger partial charge in [-0.05, 0) is 25.0 Å². The van der Waals surface area contributed by atoms with Gasteiger partial charge in [0, 0.05) is 5.41 Å². The van der Waals surface area contributed by atoms with E-state index < -0.39 is 0 Å². The fourth-order valence-corrected chi connectivity index (χ4v) is 1.45. The van der Waals surface area contributed by atoms with Crippen LogP contribution in [0.15, 0.2) is 30.3 Å². The minimum Gasteiger partial charge on any atom is -0.494 e. The maximum Gasteiger partial charge on any atom is 0.119 e. The van der Waals surface area contributed by atoms with Gasteiger partial charge in [0.05, 0.1) is 11.6 Å². The van der Waals surface area contributed by atoms with Gasteiger partial charge in [0.1, 0.15) is 5.75 Å². The average molecular weight is 237 g/mol. The van der Waals surface area contributed by atoms with Crippen LogP contribution in [0.5, 0.6) is 5.75 Å². The molecule has 0 aliphatic heterocycles. The summed E-state index contributed by atoms with van der Waals surface area (Å²) in [7, 11) is 0. The number of hydrogen-bond acceptors (Lipinski definition) is 2. The maximum absolute atomic E-state index is 5.65. The highest BCUT2D eigenvalue weighted by molar-refractivity contribution is 7.80. The molecule has 0 atom stereocenters. The van der Waals surface area contributed by atoms with Crippen molar-refractivity contribution in [1.82, 2.24) is 0 Å². The summed E-state index contributed by atoms with van der Waals surface area (Å²) in [5, 5.41) is 0. The highest BCUT2D eigenvalue weighted by Crippen LogP contribution is 2.22. The molecule has 0 heterocycles. The van der Waals surface area contributed by atoms with Crippen molar-refractivity contribution in [3.63, 3.8) is 0 Å². The molecule has 0 spiro atoms. The van der Waals surface area contributed by atoms with E-state index in [1.165, 1.54) is 0 Å². The Kier molecular flexibility index (Phi) is 4.74. The van der Waals surface area contributed by atoms with Crippen molar-refractivity contribution in [3.8, 4) is 5.75 Å². The Balaban J connectivity index is 2.25. The molecule has 3 heteroatoms. The largest absolute Gasteiger partial charge is 0.494 e. The molecule has 2 N–H and O–H groups in total. The Labute approximate surface area is 103 Å². The summed E-state index contributed by atoms with van der Waals surface area (Å²) in [5.41, 5.74) is 5.58. The van der Waals surface area contributed by atoms with Gasteiger partial charge in [0.25, 0.3) is 0 Å². The standard InChI is InChI=1S/C13H19NOS/c1-13(2,12(14)16)9-6-10-15-11-7-4-3-5-8-11/h3-5,7-8H,6,9-10H2,1-2H3,(H2,14,16). The molecule has 1 aromatic carbocycles. The molecule has 16 heavy (non-hydrogen) atoms. The number of thiocarbonyl (C=S) groups is 1. The summed E-state index contributed by atoms with van der Waals surface area (Å²) in [4.78, 5) is 0.576. The quantitative estimate of drug-likeness (QED) is 0.610. The fraction of sp³-hybridized carbons (Fsp3) is 0.462. The lowest BCUT2D eigenvalue weighted by molar-refractivity contribution is 0.288.